The molecule has 1 unspecified atom stereocenters. The Morgan fingerprint density at radius 1 is 1.06 bits per heavy atom. The lowest BCUT2D eigenvalue weighted by atomic mass is 9.86. The number of ether oxygens (including phenoxy) is 1. The molecule has 0 spiro atoms. The largest absolute Gasteiger partial charge is 0.480 e. The summed E-state index contributed by atoms with van der Waals surface area (Å²) in [5.74, 6) is -4.25. The SMILES string of the molecule is CSCC[C@H](NC(=O)[C@H](C)NC(=O)C(CC(C)C)(NC(=O)OCc1ccccc1)C(F)(F)F)C(=O)O. The second-order valence-electron chi connectivity index (χ2n) is 8.56. The maximum atomic E-state index is 14.3. The van der Waals surface area contributed by atoms with Crippen LogP contribution in [-0.4, -0.2) is 64.8 Å². The third-order valence-electron chi connectivity index (χ3n) is 5.08. The average molecular weight is 536 g/mol. The molecule has 3 amide bonds. The number of nitrogens with one attached hydrogen (secondary N) is 3. The molecule has 0 aliphatic rings. The zero-order valence-electron chi connectivity index (χ0n) is 20.5. The molecule has 9 nitrogen and oxygen atoms in total. The maximum Gasteiger partial charge on any atom is 0.420 e. The van der Waals surface area contributed by atoms with Crippen molar-refractivity contribution in [2.24, 2.45) is 5.92 Å². The number of rotatable bonds is 13. The van der Waals surface area contributed by atoms with Crippen LogP contribution in [0.4, 0.5) is 18.0 Å². The minimum Gasteiger partial charge on any atom is -0.480 e. The van der Waals surface area contributed by atoms with Gasteiger partial charge >= 0.3 is 18.2 Å². The molecule has 36 heavy (non-hydrogen) atoms. The van der Waals surface area contributed by atoms with E-state index in [1.54, 1.807) is 41.9 Å². The van der Waals surface area contributed by atoms with Gasteiger partial charge in [0.05, 0.1) is 0 Å². The molecule has 13 heteroatoms. The summed E-state index contributed by atoms with van der Waals surface area (Å²) in [5.41, 5.74) is -2.87. The predicted octanol–water partition coefficient (Wildman–Crippen LogP) is 3.09. The molecule has 0 fully saturated rings. The lowest BCUT2D eigenvalue weighted by molar-refractivity contribution is -0.202. The van der Waals surface area contributed by atoms with Gasteiger partial charge in [-0.25, -0.2) is 9.59 Å². The number of hydrogen-bond donors (Lipinski definition) is 4. The molecule has 0 saturated carbocycles. The number of alkyl halides is 3. The summed E-state index contributed by atoms with van der Waals surface area (Å²) in [5, 5.41) is 15.1. The van der Waals surface area contributed by atoms with E-state index in [-0.39, 0.29) is 13.0 Å². The van der Waals surface area contributed by atoms with Gasteiger partial charge in [0, 0.05) is 0 Å². The van der Waals surface area contributed by atoms with Gasteiger partial charge in [-0.1, -0.05) is 44.2 Å². The van der Waals surface area contributed by atoms with Gasteiger partial charge in [-0.05, 0) is 43.3 Å². The smallest absolute Gasteiger partial charge is 0.420 e. The molecule has 1 rings (SSSR count). The third kappa shape index (κ3) is 9.25. The Bertz CT molecular complexity index is 901. The summed E-state index contributed by atoms with van der Waals surface area (Å²) in [4.78, 5) is 49.1. The van der Waals surface area contributed by atoms with Crippen molar-refractivity contribution in [1.82, 2.24) is 16.0 Å². The fourth-order valence-electron chi connectivity index (χ4n) is 3.24. The fourth-order valence-corrected chi connectivity index (χ4v) is 3.71. The number of halogens is 3. The van der Waals surface area contributed by atoms with E-state index in [0.717, 1.165) is 6.92 Å². The van der Waals surface area contributed by atoms with E-state index in [1.807, 2.05) is 5.32 Å². The second kappa shape index (κ2) is 14.0. The highest BCUT2D eigenvalue weighted by atomic mass is 32.2. The number of aliphatic carboxylic acids is 1. The molecule has 0 heterocycles. The Morgan fingerprint density at radius 3 is 2.17 bits per heavy atom. The first kappa shape index (κ1) is 31.1. The van der Waals surface area contributed by atoms with Crippen molar-refractivity contribution in [2.75, 3.05) is 12.0 Å². The van der Waals surface area contributed by atoms with Crippen LogP contribution < -0.4 is 16.0 Å². The standard InChI is InChI=1S/C23H32F3N3O6S/c1-14(2)12-22(23(24,25)26,29-21(34)35-13-16-8-6-5-7-9-16)20(33)27-15(3)18(30)28-17(19(31)32)10-11-36-4/h5-9,14-15,17H,10-13H2,1-4H3,(H,27,33)(H,28,30)(H,29,34)(H,31,32)/t15-,17-,22?/m0/s1. The van der Waals surface area contributed by atoms with Crippen molar-refractivity contribution in [3.63, 3.8) is 0 Å². The monoisotopic (exact) mass is 535 g/mol. The minimum atomic E-state index is -5.24. The van der Waals surface area contributed by atoms with Crippen LogP contribution in [0.25, 0.3) is 0 Å². The van der Waals surface area contributed by atoms with E-state index in [1.165, 1.54) is 25.6 Å². The molecule has 0 radical (unpaired) electrons. The zero-order chi connectivity index (χ0) is 27.5. The highest BCUT2D eigenvalue weighted by Gasteiger charge is 2.62. The van der Waals surface area contributed by atoms with E-state index in [9.17, 15) is 37.5 Å². The van der Waals surface area contributed by atoms with Crippen LogP contribution in [0.5, 0.6) is 0 Å². The number of carbonyl (C=O) groups is 4. The van der Waals surface area contributed by atoms with Gasteiger partial charge in [-0.15, -0.1) is 0 Å². The van der Waals surface area contributed by atoms with Crippen LogP contribution in [0.2, 0.25) is 0 Å². The normalized spacial score (nSPS) is 14.8. The van der Waals surface area contributed by atoms with Gasteiger partial charge in [0.1, 0.15) is 18.7 Å². The number of carboxylic acid groups (broad SMARTS) is 1. The molecule has 3 atom stereocenters. The van der Waals surface area contributed by atoms with Crippen molar-refractivity contribution in [3.05, 3.63) is 35.9 Å². The fraction of sp³-hybridized carbons (Fsp3) is 0.565. The molecular weight excluding hydrogens is 503 g/mol. The summed E-state index contributed by atoms with van der Waals surface area (Å²) in [6, 6.07) is 5.44. The number of amides is 3. The van der Waals surface area contributed by atoms with Crippen LogP contribution in [0.3, 0.4) is 0 Å². The van der Waals surface area contributed by atoms with Gasteiger partial charge < -0.3 is 20.5 Å². The highest BCUT2D eigenvalue weighted by Crippen LogP contribution is 2.36. The first-order valence-corrected chi connectivity index (χ1v) is 12.5. The number of thioether (sulfide) groups is 1. The van der Waals surface area contributed by atoms with Gasteiger partial charge in [-0.3, -0.25) is 14.9 Å². The number of carbonyl (C=O) groups excluding carboxylic acids is 3. The van der Waals surface area contributed by atoms with Crippen LogP contribution >= 0.6 is 11.8 Å². The van der Waals surface area contributed by atoms with Crippen LogP contribution in [0.1, 0.15) is 39.2 Å². The Balaban J connectivity index is 3.07. The topological polar surface area (TPSA) is 134 Å². The molecule has 1 aromatic rings. The number of alkyl carbamates (subject to hydrolysis) is 1. The Kier molecular flexibility index (Phi) is 12.0. The van der Waals surface area contributed by atoms with Crippen LogP contribution in [0.15, 0.2) is 30.3 Å². The number of benzene rings is 1. The van der Waals surface area contributed by atoms with Crippen molar-refractivity contribution in [1.29, 1.82) is 0 Å². The average Bonchev–Trinajstić information content (AvgIpc) is 2.79. The molecular formula is C23H32F3N3O6S. The third-order valence-corrected chi connectivity index (χ3v) is 5.72. The molecule has 0 bridgehead atoms. The van der Waals surface area contributed by atoms with Crippen molar-refractivity contribution in [2.45, 2.75) is 64.0 Å². The van der Waals surface area contributed by atoms with E-state index < -0.39 is 60.0 Å². The predicted molar refractivity (Wildman–Crippen MR) is 128 cm³/mol. The number of hydrogen-bond acceptors (Lipinski definition) is 6. The van der Waals surface area contributed by atoms with Gasteiger partial charge in [0.15, 0.2) is 0 Å². The minimum absolute atomic E-state index is 0.0809. The van der Waals surface area contributed by atoms with E-state index in [2.05, 4.69) is 5.32 Å². The van der Waals surface area contributed by atoms with Gasteiger partial charge in [-0.2, -0.15) is 24.9 Å². The molecule has 0 saturated heterocycles. The van der Waals surface area contributed by atoms with E-state index in [4.69, 9.17) is 4.74 Å². The molecule has 0 aliphatic heterocycles. The Labute approximate surface area is 211 Å². The number of carboxylic acids is 1. The summed E-state index contributed by atoms with van der Waals surface area (Å²) in [6.45, 7) is 3.66. The van der Waals surface area contributed by atoms with Crippen LogP contribution in [0, 0.1) is 5.92 Å². The summed E-state index contributed by atoms with van der Waals surface area (Å²) < 4.78 is 47.8. The summed E-state index contributed by atoms with van der Waals surface area (Å²) >= 11 is 1.35. The van der Waals surface area contributed by atoms with Crippen molar-refractivity contribution >= 4 is 35.6 Å². The van der Waals surface area contributed by atoms with Crippen molar-refractivity contribution in [3.8, 4) is 0 Å². The summed E-state index contributed by atoms with van der Waals surface area (Å²) in [6.07, 6.45) is -5.72. The highest BCUT2D eigenvalue weighted by molar-refractivity contribution is 7.98. The van der Waals surface area contributed by atoms with Gasteiger partial charge in [0.25, 0.3) is 5.91 Å². The lowest BCUT2D eigenvalue weighted by Gasteiger charge is -2.36. The maximum absolute atomic E-state index is 14.3. The first-order valence-electron chi connectivity index (χ1n) is 11.1. The molecule has 4 N–H and O–H groups in total. The zero-order valence-corrected chi connectivity index (χ0v) is 21.3. The quantitative estimate of drug-likeness (QED) is 0.305. The molecule has 0 aromatic heterocycles. The molecule has 0 aliphatic carbocycles. The van der Waals surface area contributed by atoms with Crippen LogP contribution in [-0.2, 0) is 25.7 Å². The molecule has 202 valence electrons. The second-order valence-corrected chi connectivity index (χ2v) is 9.55. The Hall–Kier alpha value is -2.96. The van der Waals surface area contributed by atoms with E-state index in [0.29, 0.717) is 11.3 Å². The first-order chi connectivity index (χ1) is 16.7. The molecule has 1 aromatic carbocycles. The lowest BCUT2D eigenvalue weighted by Crippen LogP contribution is -2.69. The summed E-state index contributed by atoms with van der Waals surface area (Å²) in [7, 11) is 0. The van der Waals surface area contributed by atoms with E-state index >= 15 is 0 Å². The Morgan fingerprint density at radius 2 is 1.67 bits per heavy atom. The van der Waals surface area contributed by atoms with Crippen molar-refractivity contribution < 1.29 is 42.2 Å². The van der Waals surface area contributed by atoms with Gasteiger partial charge in [0.2, 0.25) is 11.4 Å².